The Kier molecular flexibility index (Phi) is 12.6. The van der Waals surface area contributed by atoms with E-state index in [1.54, 1.807) is 0 Å². The molecule has 0 saturated heterocycles. The smallest absolute Gasteiger partial charge is 0.191 e. The number of hydrogen-bond acceptors (Lipinski definition) is 3. The molecule has 0 atom stereocenters. The van der Waals surface area contributed by atoms with Gasteiger partial charge < -0.3 is 15.4 Å². The number of nitrogens with zero attached hydrogens (tertiary/aromatic N) is 2. The number of halogens is 1. The fourth-order valence-electron chi connectivity index (χ4n) is 3.23. The van der Waals surface area contributed by atoms with E-state index in [1.807, 2.05) is 12.4 Å². The average Bonchev–Trinajstić information content (AvgIpc) is 2.89. The average molecular weight is 474 g/mol. The predicted molar refractivity (Wildman–Crippen MR) is 120 cm³/mol. The van der Waals surface area contributed by atoms with E-state index in [9.17, 15) is 0 Å². The normalized spacial score (nSPS) is 15.8. The largest absolute Gasteiger partial charge is 0.376 e. The molecule has 148 valence electrons. The van der Waals surface area contributed by atoms with Crippen LogP contribution >= 0.6 is 24.0 Å². The fraction of sp³-hybridized carbons (Fsp3) is 0.700. The van der Waals surface area contributed by atoms with Crippen LogP contribution in [0.25, 0.3) is 0 Å². The summed E-state index contributed by atoms with van der Waals surface area (Å²) >= 11 is 0. The third-order valence-electron chi connectivity index (χ3n) is 4.68. The maximum atomic E-state index is 6.01. The van der Waals surface area contributed by atoms with Crippen molar-refractivity contribution in [2.75, 3.05) is 26.2 Å². The van der Waals surface area contributed by atoms with Crippen molar-refractivity contribution in [2.45, 2.75) is 64.9 Å². The van der Waals surface area contributed by atoms with Crippen molar-refractivity contribution in [3.63, 3.8) is 0 Å². The second-order valence-electron chi connectivity index (χ2n) is 6.72. The molecule has 1 saturated carbocycles. The SMILES string of the molecule is CCNC(=NCCOC1CCCCCC1)NCCc1ccncc1C.I. The van der Waals surface area contributed by atoms with Crippen molar-refractivity contribution < 1.29 is 4.74 Å². The molecule has 1 fully saturated rings. The maximum absolute atomic E-state index is 6.01. The minimum Gasteiger partial charge on any atom is -0.376 e. The van der Waals surface area contributed by atoms with E-state index in [-0.39, 0.29) is 24.0 Å². The summed E-state index contributed by atoms with van der Waals surface area (Å²) in [6, 6.07) is 2.08. The summed E-state index contributed by atoms with van der Waals surface area (Å²) in [4.78, 5) is 8.77. The van der Waals surface area contributed by atoms with E-state index < -0.39 is 0 Å². The third kappa shape index (κ3) is 9.16. The Balaban J connectivity index is 0.00000338. The lowest BCUT2D eigenvalue weighted by atomic mass is 10.1. The Bertz CT molecular complexity index is 516. The Hall–Kier alpha value is -0.890. The van der Waals surface area contributed by atoms with Crippen LogP contribution < -0.4 is 10.6 Å². The summed E-state index contributed by atoms with van der Waals surface area (Å²) < 4.78 is 6.01. The molecule has 0 unspecified atom stereocenters. The molecule has 6 heteroatoms. The van der Waals surface area contributed by atoms with Crippen LogP contribution in [0, 0.1) is 6.92 Å². The second kappa shape index (κ2) is 14.2. The molecule has 0 bridgehead atoms. The number of pyridine rings is 1. The van der Waals surface area contributed by atoms with Crippen LogP contribution in [-0.2, 0) is 11.2 Å². The summed E-state index contributed by atoms with van der Waals surface area (Å²) in [5.74, 6) is 0.874. The molecule has 1 aliphatic carbocycles. The first-order valence-electron chi connectivity index (χ1n) is 9.83. The molecule has 1 aromatic heterocycles. The summed E-state index contributed by atoms with van der Waals surface area (Å²) in [5.41, 5.74) is 2.57. The van der Waals surface area contributed by atoms with Crippen LogP contribution in [0.5, 0.6) is 0 Å². The standard InChI is InChI=1S/C20H34N4O.HI/c1-3-22-20(23-13-11-18-10-12-21-16-17(18)2)24-14-15-25-19-8-6-4-5-7-9-19;/h10,12,16,19H,3-9,11,13-15H2,1-2H3,(H2,22,23,24);1H. The maximum Gasteiger partial charge on any atom is 0.191 e. The third-order valence-corrected chi connectivity index (χ3v) is 4.68. The van der Waals surface area contributed by atoms with Crippen molar-refractivity contribution in [2.24, 2.45) is 4.99 Å². The first-order valence-corrected chi connectivity index (χ1v) is 9.83. The van der Waals surface area contributed by atoms with Gasteiger partial charge in [-0.15, -0.1) is 24.0 Å². The Morgan fingerprint density at radius 2 is 2.00 bits per heavy atom. The minimum absolute atomic E-state index is 0. The molecule has 0 spiro atoms. The molecule has 0 radical (unpaired) electrons. The molecule has 26 heavy (non-hydrogen) atoms. The molecular formula is C20H35IN4O. The highest BCUT2D eigenvalue weighted by Crippen LogP contribution is 2.19. The van der Waals surface area contributed by atoms with Crippen LogP contribution in [0.1, 0.15) is 56.6 Å². The minimum atomic E-state index is 0. The van der Waals surface area contributed by atoms with Crippen LogP contribution in [0.2, 0.25) is 0 Å². The summed E-state index contributed by atoms with van der Waals surface area (Å²) in [6.45, 7) is 7.34. The first kappa shape index (κ1) is 23.1. The van der Waals surface area contributed by atoms with Crippen molar-refractivity contribution in [1.29, 1.82) is 0 Å². The number of rotatable bonds is 8. The van der Waals surface area contributed by atoms with E-state index in [1.165, 1.54) is 49.7 Å². The number of aromatic nitrogens is 1. The lowest BCUT2D eigenvalue weighted by molar-refractivity contribution is 0.0487. The van der Waals surface area contributed by atoms with Gasteiger partial charge >= 0.3 is 0 Å². The quantitative estimate of drug-likeness (QED) is 0.198. The summed E-state index contributed by atoms with van der Waals surface area (Å²) in [5, 5.41) is 6.71. The molecule has 0 aliphatic heterocycles. The highest BCUT2D eigenvalue weighted by atomic mass is 127. The van der Waals surface area contributed by atoms with Gasteiger partial charge in [0.15, 0.2) is 5.96 Å². The van der Waals surface area contributed by atoms with Crippen LogP contribution in [0.15, 0.2) is 23.5 Å². The zero-order valence-electron chi connectivity index (χ0n) is 16.3. The summed E-state index contributed by atoms with van der Waals surface area (Å²) in [7, 11) is 0. The van der Waals surface area contributed by atoms with Gasteiger partial charge in [0.2, 0.25) is 0 Å². The van der Waals surface area contributed by atoms with Crippen molar-refractivity contribution in [3.05, 3.63) is 29.6 Å². The van der Waals surface area contributed by atoms with Crippen LogP contribution in [0.3, 0.4) is 0 Å². The lowest BCUT2D eigenvalue weighted by Crippen LogP contribution is -2.38. The van der Waals surface area contributed by atoms with Gasteiger partial charge in [-0.2, -0.15) is 0 Å². The van der Waals surface area contributed by atoms with Crippen LogP contribution in [-0.4, -0.2) is 43.3 Å². The van der Waals surface area contributed by atoms with Crippen molar-refractivity contribution in [1.82, 2.24) is 15.6 Å². The number of hydrogen-bond donors (Lipinski definition) is 2. The number of ether oxygens (including phenoxy) is 1. The predicted octanol–water partition coefficient (Wildman–Crippen LogP) is 3.85. The van der Waals surface area contributed by atoms with E-state index in [4.69, 9.17) is 4.74 Å². The highest BCUT2D eigenvalue weighted by Gasteiger charge is 2.11. The molecule has 0 amide bonds. The first-order chi connectivity index (χ1) is 12.3. The molecule has 0 aromatic carbocycles. The van der Waals surface area contributed by atoms with Gasteiger partial charge in [-0.3, -0.25) is 9.98 Å². The number of aliphatic imine (C=N–C) groups is 1. The molecule has 1 aromatic rings. The van der Waals surface area contributed by atoms with Gasteiger partial charge in [-0.1, -0.05) is 25.7 Å². The van der Waals surface area contributed by atoms with E-state index in [0.29, 0.717) is 19.3 Å². The van der Waals surface area contributed by atoms with Gasteiger partial charge in [-0.05, 0) is 50.3 Å². The molecule has 1 aliphatic rings. The Labute approximate surface area is 175 Å². The molecule has 2 N–H and O–H groups in total. The zero-order chi connectivity index (χ0) is 17.7. The Morgan fingerprint density at radius 1 is 1.23 bits per heavy atom. The fourth-order valence-corrected chi connectivity index (χ4v) is 3.23. The molecule has 2 rings (SSSR count). The van der Waals surface area contributed by atoms with Gasteiger partial charge in [-0.25, -0.2) is 0 Å². The topological polar surface area (TPSA) is 58.5 Å². The summed E-state index contributed by atoms with van der Waals surface area (Å²) in [6.07, 6.45) is 13.0. The molecular weight excluding hydrogens is 439 g/mol. The van der Waals surface area contributed by atoms with Crippen LogP contribution in [0.4, 0.5) is 0 Å². The van der Waals surface area contributed by atoms with Crippen molar-refractivity contribution >= 4 is 29.9 Å². The molecule has 5 nitrogen and oxygen atoms in total. The second-order valence-corrected chi connectivity index (χ2v) is 6.72. The molecule has 1 heterocycles. The van der Waals surface area contributed by atoms with E-state index in [2.05, 4.69) is 40.5 Å². The van der Waals surface area contributed by atoms with Gasteiger partial charge in [0.05, 0.1) is 19.3 Å². The lowest BCUT2D eigenvalue weighted by Gasteiger charge is -2.15. The monoisotopic (exact) mass is 474 g/mol. The zero-order valence-corrected chi connectivity index (χ0v) is 18.6. The van der Waals surface area contributed by atoms with Gasteiger partial charge in [0.25, 0.3) is 0 Å². The number of aryl methyl sites for hydroxylation is 1. The van der Waals surface area contributed by atoms with Gasteiger partial charge in [0.1, 0.15) is 0 Å². The van der Waals surface area contributed by atoms with E-state index >= 15 is 0 Å². The van der Waals surface area contributed by atoms with Gasteiger partial charge in [0, 0.05) is 25.5 Å². The van der Waals surface area contributed by atoms with Crippen molar-refractivity contribution in [3.8, 4) is 0 Å². The number of nitrogens with one attached hydrogen (secondary N) is 2. The number of guanidine groups is 1. The highest BCUT2D eigenvalue weighted by molar-refractivity contribution is 14.0. The Morgan fingerprint density at radius 3 is 2.69 bits per heavy atom. The van der Waals surface area contributed by atoms with E-state index in [0.717, 1.165) is 25.5 Å².